The Morgan fingerprint density at radius 2 is 0.804 bits per heavy atom. The van der Waals surface area contributed by atoms with E-state index in [0.29, 0.717) is 11.4 Å². The summed E-state index contributed by atoms with van der Waals surface area (Å²) in [7, 11) is 0. The fourth-order valence-electron chi connectivity index (χ4n) is 7.82. The highest BCUT2D eigenvalue weighted by molar-refractivity contribution is 6.20. The lowest BCUT2D eigenvalue weighted by atomic mass is 9.89. The summed E-state index contributed by atoms with van der Waals surface area (Å²) in [6.45, 7) is 0. The lowest BCUT2D eigenvalue weighted by molar-refractivity contribution is 1.18. The molecule has 260 valence electrons. The Kier molecular flexibility index (Phi) is 8.21. The molecule has 9 aromatic carbocycles. The Morgan fingerprint density at radius 3 is 1.39 bits per heavy atom. The van der Waals surface area contributed by atoms with Crippen molar-refractivity contribution in [3.8, 4) is 73.4 Å². The normalized spacial score (nSPS) is 11.2. The summed E-state index contributed by atoms with van der Waals surface area (Å²) in [5, 5.41) is 16.8. The SMILES string of the molecule is N#Cc1ccc(-c2ccc(-c3cc(-c4ccc(-c5ccc(-c6c7ccccc7cc7c6ccc6ccccc67)cc5)cc4)nc(-c4ccccc4)n3)cc2)cc1. The van der Waals surface area contributed by atoms with Gasteiger partial charge in [0.2, 0.25) is 0 Å². The second kappa shape index (κ2) is 14.0. The quantitative estimate of drug-likeness (QED) is 0.127. The van der Waals surface area contributed by atoms with E-state index in [1.807, 2.05) is 54.6 Å². The van der Waals surface area contributed by atoms with E-state index < -0.39 is 0 Å². The van der Waals surface area contributed by atoms with Crippen molar-refractivity contribution in [2.75, 3.05) is 0 Å². The number of nitriles is 1. The van der Waals surface area contributed by atoms with E-state index in [4.69, 9.17) is 9.97 Å². The van der Waals surface area contributed by atoms with Crippen LogP contribution in [0, 0.1) is 11.3 Å². The molecule has 1 heterocycles. The number of nitrogens with zero attached hydrogens (tertiary/aromatic N) is 3. The molecule has 0 spiro atoms. The minimum Gasteiger partial charge on any atom is -0.228 e. The molecule has 3 nitrogen and oxygen atoms in total. The van der Waals surface area contributed by atoms with Gasteiger partial charge in [0, 0.05) is 16.7 Å². The van der Waals surface area contributed by atoms with Crippen LogP contribution in [0.25, 0.3) is 99.6 Å². The third-order valence-corrected chi connectivity index (χ3v) is 10.7. The molecule has 0 fully saturated rings. The van der Waals surface area contributed by atoms with Gasteiger partial charge in [-0.1, -0.05) is 176 Å². The van der Waals surface area contributed by atoms with Crippen molar-refractivity contribution in [3.05, 3.63) is 206 Å². The van der Waals surface area contributed by atoms with E-state index in [2.05, 4.69) is 152 Å². The number of fused-ring (bicyclic) bond motifs is 4. The van der Waals surface area contributed by atoms with Gasteiger partial charge < -0.3 is 0 Å². The van der Waals surface area contributed by atoms with E-state index in [1.165, 1.54) is 43.4 Å². The van der Waals surface area contributed by atoms with Crippen LogP contribution in [-0.2, 0) is 0 Å². The average Bonchev–Trinajstić information content (AvgIpc) is 3.28. The highest BCUT2D eigenvalue weighted by atomic mass is 14.9. The maximum atomic E-state index is 9.20. The van der Waals surface area contributed by atoms with Crippen LogP contribution in [0.15, 0.2) is 200 Å². The van der Waals surface area contributed by atoms with Crippen molar-refractivity contribution in [3.63, 3.8) is 0 Å². The van der Waals surface area contributed by atoms with Crippen molar-refractivity contribution in [1.82, 2.24) is 9.97 Å². The summed E-state index contributed by atoms with van der Waals surface area (Å²) in [5.41, 5.74) is 12.3. The summed E-state index contributed by atoms with van der Waals surface area (Å²) < 4.78 is 0. The third-order valence-electron chi connectivity index (χ3n) is 10.7. The van der Waals surface area contributed by atoms with Gasteiger partial charge in [0.25, 0.3) is 0 Å². The van der Waals surface area contributed by atoms with Crippen LogP contribution < -0.4 is 0 Å². The monoisotopic (exact) mass is 711 g/mol. The smallest absolute Gasteiger partial charge is 0.160 e. The highest BCUT2D eigenvalue weighted by Crippen LogP contribution is 2.40. The number of rotatable bonds is 6. The van der Waals surface area contributed by atoms with Gasteiger partial charge in [-0.3, -0.25) is 0 Å². The first kappa shape index (κ1) is 32.9. The lowest BCUT2D eigenvalue weighted by Gasteiger charge is -2.14. The molecule has 0 N–H and O–H groups in total. The van der Waals surface area contributed by atoms with Crippen molar-refractivity contribution in [1.29, 1.82) is 5.26 Å². The lowest BCUT2D eigenvalue weighted by Crippen LogP contribution is -1.96. The first-order valence-electron chi connectivity index (χ1n) is 18.8. The van der Waals surface area contributed by atoms with Gasteiger partial charge >= 0.3 is 0 Å². The number of hydrogen-bond acceptors (Lipinski definition) is 3. The minimum atomic E-state index is 0.651. The topological polar surface area (TPSA) is 49.6 Å². The highest BCUT2D eigenvalue weighted by Gasteiger charge is 2.14. The van der Waals surface area contributed by atoms with Crippen LogP contribution >= 0.6 is 0 Å². The van der Waals surface area contributed by atoms with E-state index in [0.717, 1.165) is 50.3 Å². The van der Waals surface area contributed by atoms with Crippen LogP contribution in [0.4, 0.5) is 0 Å². The second-order valence-electron chi connectivity index (χ2n) is 14.1. The van der Waals surface area contributed by atoms with E-state index >= 15 is 0 Å². The Balaban J connectivity index is 0.988. The summed E-state index contributed by atoms with van der Waals surface area (Å²) >= 11 is 0. The van der Waals surface area contributed by atoms with Crippen molar-refractivity contribution in [2.24, 2.45) is 0 Å². The van der Waals surface area contributed by atoms with Crippen LogP contribution in [0.1, 0.15) is 5.56 Å². The maximum absolute atomic E-state index is 9.20. The molecular formula is C53H33N3. The summed E-state index contributed by atoms with van der Waals surface area (Å²) in [6, 6.07) is 72.3. The molecule has 0 amide bonds. The van der Waals surface area contributed by atoms with Gasteiger partial charge in [0.15, 0.2) is 5.82 Å². The Bertz CT molecular complexity index is 3090. The fourth-order valence-corrected chi connectivity index (χ4v) is 7.82. The van der Waals surface area contributed by atoms with Crippen LogP contribution in [0.2, 0.25) is 0 Å². The molecule has 10 rings (SSSR count). The summed E-state index contributed by atoms with van der Waals surface area (Å²) in [4.78, 5) is 10.1. The number of aromatic nitrogens is 2. The second-order valence-corrected chi connectivity index (χ2v) is 14.1. The molecule has 0 atom stereocenters. The molecule has 0 aliphatic carbocycles. The molecule has 0 saturated heterocycles. The molecule has 0 bridgehead atoms. The van der Waals surface area contributed by atoms with Gasteiger partial charge in [0.1, 0.15) is 0 Å². The average molecular weight is 712 g/mol. The van der Waals surface area contributed by atoms with Crippen molar-refractivity contribution >= 4 is 32.3 Å². The molecule has 1 aromatic heterocycles. The van der Waals surface area contributed by atoms with E-state index in [9.17, 15) is 5.26 Å². The van der Waals surface area contributed by atoms with Gasteiger partial charge in [-0.15, -0.1) is 0 Å². The fraction of sp³-hybridized carbons (Fsp3) is 0. The molecule has 0 aliphatic rings. The summed E-state index contributed by atoms with van der Waals surface area (Å²) in [5.74, 6) is 0.683. The van der Waals surface area contributed by atoms with Crippen LogP contribution in [0.3, 0.4) is 0 Å². The molecule has 56 heavy (non-hydrogen) atoms. The van der Waals surface area contributed by atoms with Gasteiger partial charge in [-0.05, 0) is 90.0 Å². The zero-order valence-corrected chi connectivity index (χ0v) is 30.4. The zero-order chi connectivity index (χ0) is 37.4. The standard InChI is InChI=1S/C53H33N3/c54-34-35-14-16-36(17-15-35)37-18-24-41(25-19-37)50-33-51(56-53(55-50)44-9-2-1-3-10-44)42-26-20-38(21-27-42)39-22-28-43(29-23-39)52-47-13-7-5-11-45(47)32-49-46-12-6-4-8-40(46)30-31-48(49)52/h1-33H. The van der Waals surface area contributed by atoms with Crippen molar-refractivity contribution < 1.29 is 0 Å². The van der Waals surface area contributed by atoms with Crippen LogP contribution in [0.5, 0.6) is 0 Å². The summed E-state index contributed by atoms with van der Waals surface area (Å²) in [6.07, 6.45) is 0. The third kappa shape index (κ3) is 6.06. The van der Waals surface area contributed by atoms with E-state index in [1.54, 1.807) is 0 Å². The molecule has 0 radical (unpaired) electrons. The first-order chi connectivity index (χ1) is 27.7. The van der Waals surface area contributed by atoms with Crippen molar-refractivity contribution in [2.45, 2.75) is 0 Å². The molecular weight excluding hydrogens is 679 g/mol. The molecule has 10 aromatic rings. The largest absolute Gasteiger partial charge is 0.228 e. The molecule has 0 aliphatic heterocycles. The maximum Gasteiger partial charge on any atom is 0.160 e. The van der Waals surface area contributed by atoms with Gasteiger partial charge in [-0.2, -0.15) is 5.26 Å². The number of hydrogen-bond donors (Lipinski definition) is 0. The Labute approximate surface area is 325 Å². The van der Waals surface area contributed by atoms with Gasteiger partial charge in [-0.25, -0.2) is 9.97 Å². The van der Waals surface area contributed by atoms with Gasteiger partial charge in [0.05, 0.1) is 23.0 Å². The number of benzene rings is 9. The Hall–Kier alpha value is -7.67. The predicted octanol–water partition coefficient (Wildman–Crippen LogP) is 13.8. The van der Waals surface area contributed by atoms with Crippen LogP contribution in [-0.4, -0.2) is 9.97 Å². The molecule has 0 unspecified atom stereocenters. The molecule has 0 saturated carbocycles. The minimum absolute atomic E-state index is 0.651. The van der Waals surface area contributed by atoms with E-state index in [-0.39, 0.29) is 0 Å². The Morgan fingerprint density at radius 1 is 0.321 bits per heavy atom. The molecule has 3 heteroatoms. The predicted molar refractivity (Wildman–Crippen MR) is 232 cm³/mol. The zero-order valence-electron chi connectivity index (χ0n) is 30.4. The first-order valence-corrected chi connectivity index (χ1v) is 18.8.